The first kappa shape index (κ1) is 12.1. The van der Waals surface area contributed by atoms with Gasteiger partial charge in [0.1, 0.15) is 18.0 Å². The van der Waals surface area contributed by atoms with Gasteiger partial charge in [-0.1, -0.05) is 0 Å². The Morgan fingerprint density at radius 1 is 1.25 bits per heavy atom. The smallest absolute Gasteiger partial charge is 0.237 e. The van der Waals surface area contributed by atoms with E-state index >= 15 is 0 Å². The van der Waals surface area contributed by atoms with E-state index in [1.54, 1.807) is 0 Å². The fourth-order valence-electron chi connectivity index (χ4n) is 0.799. The Morgan fingerprint density at radius 2 is 1.88 bits per heavy atom. The van der Waals surface area contributed by atoms with Gasteiger partial charge in [-0.15, -0.1) is 0 Å². The molecule has 0 saturated heterocycles. The first-order valence-corrected chi connectivity index (χ1v) is 4.66. The second-order valence-corrected chi connectivity index (χ2v) is 3.40. The summed E-state index contributed by atoms with van der Waals surface area (Å²) in [4.78, 5) is 0. The normalized spacial score (nSPS) is 8.81. The van der Waals surface area contributed by atoms with E-state index < -0.39 is 17.3 Å². The van der Waals surface area contributed by atoms with E-state index in [1.165, 1.54) is 12.1 Å². The Labute approximate surface area is 97.9 Å². The van der Waals surface area contributed by atoms with E-state index in [2.05, 4.69) is 26.5 Å². The summed E-state index contributed by atoms with van der Waals surface area (Å²) in [5, 5.41) is 20.1. The Bertz CT molecular complexity index is 512. The molecule has 80 valence electrons. The van der Waals surface area contributed by atoms with Crippen molar-refractivity contribution in [3.63, 3.8) is 0 Å². The van der Waals surface area contributed by atoms with Crippen LogP contribution in [0.1, 0.15) is 0 Å². The molecular formula is C9H3BrF2N4. The Hall–Kier alpha value is -1.99. The summed E-state index contributed by atoms with van der Waals surface area (Å²) in [5.74, 6) is -1.63. The molecule has 0 bridgehead atoms. The van der Waals surface area contributed by atoms with Crippen LogP contribution in [0, 0.1) is 34.3 Å². The Morgan fingerprint density at radius 3 is 2.44 bits per heavy atom. The quantitative estimate of drug-likeness (QED) is 0.515. The molecule has 16 heavy (non-hydrogen) atoms. The highest BCUT2D eigenvalue weighted by Gasteiger charge is 2.07. The summed E-state index contributed by atoms with van der Waals surface area (Å²) >= 11 is 2.86. The average molecular weight is 285 g/mol. The van der Waals surface area contributed by atoms with Crippen LogP contribution < -0.4 is 5.43 Å². The molecule has 0 unspecified atom stereocenters. The first-order valence-electron chi connectivity index (χ1n) is 3.87. The number of rotatable bonds is 2. The largest absolute Gasteiger partial charge is 0.273 e. The number of anilines is 1. The van der Waals surface area contributed by atoms with Crippen molar-refractivity contribution >= 4 is 27.3 Å². The van der Waals surface area contributed by atoms with Gasteiger partial charge in [0.05, 0.1) is 10.2 Å². The molecule has 1 aromatic carbocycles. The van der Waals surface area contributed by atoms with E-state index in [9.17, 15) is 8.78 Å². The van der Waals surface area contributed by atoms with Crippen molar-refractivity contribution < 1.29 is 8.78 Å². The van der Waals surface area contributed by atoms with E-state index in [4.69, 9.17) is 10.5 Å². The zero-order valence-corrected chi connectivity index (χ0v) is 9.22. The van der Waals surface area contributed by atoms with Gasteiger partial charge in [0, 0.05) is 6.07 Å². The standard InChI is InChI=1S/C9H3BrF2N4/c10-6-1-9(8(12)2-7(6)11)16-15-5(3-13)4-14/h1-2,16H. The zero-order chi connectivity index (χ0) is 12.1. The summed E-state index contributed by atoms with van der Waals surface area (Å²) in [5.41, 5.74) is 1.55. The third-order valence-electron chi connectivity index (χ3n) is 1.51. The number of hydrazone groups is 1. The van der Waals surface area contributed by atoms with Gasteiger partial charge in [0.25, 0.3) is 0 Å². The third-order valence-corrected chi connectivity index (χ3v) is 2.12. The number of nitrogens with zero attached hydrogens (tertiary/aromatic N) is 3. The van der Waals surface area contributed by atoms with Crippen molar-refractivity contribution in [2.75, 3.05) is 5.43 Å². The summed E-state index contributed by atoms with van der Waals surface area (Å²) in [6.45, 7) is 0. The van der Waals surface area contributed by atoms with Gasteiger partial charge in [-0.05, 0) is 22.0 Å². The van der Waals surface area contributed by atoms with Gasteiger partial charge in [0.15, 0.2) is 5.82 Å². The highest BCUT2D eigenvalue weighted by Crippen LogP contribution is 2.23. The van der Waals surface area contributed by atoms with Crippen molar-refractivity contribution in [2.24, 2.45) is 5.10 Å². The van der Waals surface area contributed by atoms with Crippen LogP contribution in [-0.4, -0.2) is 5.71 Å². The molecule has 1 N–H and O–H groups in total. The second kappa shape index (κ2) is 5.19. The minimum atomic E-state index is -0.875. The third kappa shape index (κ3) is 2.75. The van der Waals surface area contributed by atoms with Gasteiger partial charge in [-0.2, -0.15) is 15.6 Å². The SMILES string of the molecule is N#CC(C#N)=NNc1cc(Br)c(F)cc1F. The number of nitriles is 2. The van der Waals surface area contributed by atoms with Crippen LogP contribution in [0.25, 0.3) is 0 Å². The Kier molecular flexibility index (Phi) is 3.92. The maximum Gasteiger partial charge on any atom is 0.237 e. The average Bonchev–Trinajstić information content (AvgIpc) is 2.26. The zero-order valence-electron chi connectivity index (χ0n) is 7.63. The lowest BCUT2D eigenvalue weighted by Gasteiger charge is -2.03. The van der Waals surface area contributed by atoms with Crippen LogP contribution in [-0.2, 0) is 0 Å². The maximum atomic E-state index is 13.1. The van der Waals surface area contributed by atoms with Crippen LogP contribution in [0.15, 0.2) is 21.7 Å². The van der Waals surface area contributed by atoms with Crippen molar-refractivity contribution in [3.8, 4) is 12.1 Å². The topological polar surface area (TPSA) is 72.0 Å². The highest BCUT2D eigenvalue weighted by molar-refractivity contribution is 9.10. The number of hydrogen-bond acceptors (Lipinski definition) is 4. The van der Waals surface area contributed by atoms with Crippen LogP contribution in [0.5, 0.6) is 0 Å². The van der Waals surface area contributed by atoms with Crippen molar-refractivity contribution in [3.05, 3.63) is 28.2 Å². The molecule has 0 radical (unpaired) electrons. The lowest BCUT2D eigenvalue weighted by molar-refractivity contribution is 0.581. The van der Waals surface area contributed by atoms with Crippen LogP contribution >= 0.6 is 15.9 Å². The summed E-state index contributed by atoms with van der Waals surface area (Å²) in [6.07, 6.45) is 0. The van der Waals surface area contributed by atoms with E-state index in [0.29, 0.717) is 6.07 Å². The van der Waals surface area contributed by atoms with E-state index in [-0.39, 0.29) is 10.2 Å². The molecule has 0 aliphatic heterocycles. The number of nitrogens with one attached hydrogen (secondary N) is 1. The lowest BCUT2D eigenvalue weighted by atomic mass is 10.3. The fourth-order valence-corrected chi connectivity index (χ4v) is 1.14. The van der Waals surface area contributed by atoms with Crippen molar-refractivity contribution in [1.29, 1.82) is 10.5 Å². The number of hydrogen-bond donors (Lipinski definition) is 1. The van der Waals surface area contributed by atoms with Crippen molar-refractivity contribution in [2.45, 2.75) is 0 Å². The molecule has 0 aliphatic rings. The first-order chi connectivity index (χ1) is 7.58. The number of halogens is 3. The summed E-state index contributed by atoms with van der Waals surface area (Å²) in [7, 11) is 0. The molecule has 0 heterocycles. The molecule has 0 aromatic heterocycles. The lowest BCUT2D eigenvalue weighted by Crippen LogP contribution is -1.99. The molecule has 0 amide bonds. The van der Waals surface area contributed by atoms with Gasteiger partial charge in [-0.3, -0.25) is 5.43 Å². The van der Waals surface area contributed by atoms with Crippen molar-refractivity contribution in [1.82, 2.24) is 0 Å². The maximum absolute atomic E-state index is 13.1. The van der Waals surface area contributed by atoms with Gasteiger partial charge in [-0.25, -0.2) is 8.78 Å². The van der Waals surface area contributed by atoms with Crippen LogP contribution in [0.2, 0.25) is 0 Å². The monoisotopic (exact) mass is 284 g/mol. The molecule has 1 aromatic rings. The van der Waals surface area contributed by atoms with Gasteiger partial charge in [0.2, 0.25) is 5.71 Å². The predicted octanol–water partition coefficient (Wildman–Crippen LogP) is 2.54. The molecular weight excluding hydrogens is 282 g/mol. The minimum Gasteiger partial charge on any atom is -0.273 e. The molecule has 7 heteroatoms. The molecule has 0 fully saturated rings. The number of benzene rings is 1. The van der Waals surface area contributed by atoms with Crippen LogP contribution in [0.3, 0.4) is 0 Å². The van der Waals surface area contributed by atoms with Gasteiger partial charge < -0.3 is 0 Å². The Balaban J connectivity index is 3.01. The molecule has 1 rings (SSSR count). The van der Waals surface area contributed by atoms with E-state index in [0.717, 1.165) is 6.07 Å². The summed E-state index contributed by atoms with van der Waals surface area (Å²) in [6, 6.07) is 4.74. The second-order valence-electron chi connectivity index (χ2n) is 2.54. The van der Waals surface area contributed by atoms with Crippen LogP contribution in [0.4, 0.5) is 14.5 Å². The van der Waals surface area contributed by atoms with E-state index in [1.807, 2.05) is 0 Å². The highest BCUT2D eigenvalue weighted by atomic mass is 79.9. The fraction of sp³-hybridized carbons (Fsp3) is 0. The molecule has 0 atom stereocenters. The summed E-state index contributed by atoms with van der Waals surface area (Å²) < 4.78 is 26.0. The van der Waals surface area contributed by atoms with Gasteiger partial charge >= 0.3 is 0 Å². The predicted molar refractivity (Wildman–Crippen MR) is 56.3 cm³/mol. The molecule has 0 spiro atoms. The molecule has 0 aliphatic carbocycles. The minimum absolute atomic E-state index is 0.0436. The molecule has 0 saturated carbocycles. The molecule has 4 nitrogen and oxygen atoms in total.